The Morgan fingerprint density at radius 3 is 2.85 bits per heavy atom. The van der Waals surface area contributed by atoms with Gasteiger partial charge in [-0.25, -0.2) is 0 Å². The predicted octanol–water partition coefficient (Wildman–Crippen LogP) is 2.40. The molecular weight excluding hydrogens is 254 g/mol. The van der Waals surface area contributed by atoms with Gasteiger partial charge in [-0.2, -0.15) is 0 Å². The van der Waals surface area contributed by atoms with Gasteiger partial charge < -0.3 is 14.9 Å². The third kappa shape index (κ3) is 2.46. The topological polar surface area (TPSA) is 74.2 Å². The van der Waals surface area contributed by atoms with Crippen molar-refractivity contribution in [3.05, 3.63) is 47.7 Å². The zero-order chi connectivity index (χ0) is 13.9. The lowest BCUT2D eigenvalue weighted by Crippen LogP contribution is -2.13. The summed E-state index contributed by atoms with van der Waals surface area (Å²) in [6.45, 7) is 2.86. The van der Waals surface area contributed by atoms with Crippen LogP contribution in [0.5, 0.6) is 0 Å². The minimum atomic E-state index is -0.375. The van der Waals surface area contributed by atoms with Crippen LogP contribution in [0, 0.1) is 0 Å². The molecule has 1 aliphatic rings. The summed E-state index contributed by atoms with van der Waals surface area (Å²) in [7, 11) is 0. The van der Waals surface area contributed by atoms with E-state index in [2.05, 4.69) is 17.1 Å². The highest BCUT2D eigenvalue weighted by molar-refractivity contribution is 5.22. The molecule has 1 aromatic heterocycles. The van der Waals surface area contributed by atoms with Gasteiger partial charge in [0.1, 0.15) is 6.04 Å². The van der Waals surface area contributed by atoms with E-state index in [1.165, 1.54) is 0 Å². The zero-order valence-electron chi connectivity index (χ0n) is 11.5. The highest BCUT2D eigenvalue weighted by Crippen LogP contribution is 2.33. The molecule has 2 heterocycles. The van der Waals surface area contributed by atoms with Gasteiger partial charge in [-0.1, -0.05) is 37.3 Å². The van der Waals surface area contributed by atoms with Gasteiger partial charge in [0.2, 0.25) is 11.8 Å². The Labute approximate surface area is 118 Å². The van der Waals surface area contributed by atoms with Crippen molar-refractivity contribution >= 4 is 0 Å². The molecule has 1 saturated heterocycles. The summed E-state index contributed by atoms with van der Waals surface area (Å²) in [6.07, 6.45) is 2.06. The second-order valence-electron chi connectivity index (χ2n) is 5.08. The molecule has 0 radical (unpaired) electrons. The number of nitrogens with two attached hydrogens (primary N) is 1. The van der Waals surface area contributed by atoms with Gasteiger partial charge in [0.25, 0.3) is 0 Å². The third-order valence-electron chi connectivity index (χ3n) is 3.81. The summed E-state index contributed by atoms with van der Waals surface area (Å²) in [5, 5.41) is 8.27. The Kier molecular flexibility index (Phi) is 3.80. The number of benzene rings is 1. The van der Waals surface area contributed by atoms with Crippen LogP contribution in [0.25, 0.3) is 0 Å². The Morgan fingerprint density at radius 2 is 2.10 bits per heavy atom. The van der Waals surface area contributed by atoms with Crippen LogP contribution in [-0.4, -0.2) is 22.9 Å². The molecule has 1 aromatic carbocycles. The van der Waals surface area contributed by atoms with Gasteiger partial charge >= 0.3 is 0 Å². The molecule has 1 fully saturated rings. The SMILES string of the molecule is CCC1OCCC1c1nnc(C(N)c2ccccc2)o1. The van der Waals surface area contributed by atoms with Gasteiger partial charge in [-0.3, -0.25) is 0 Å². The van der Waals surface area contributed by atoms with E-state index in [1.807, 2.05) is 30.3 Å². The van der Waals surface area contributed by atoms with Gasteiger partial charge in [0.15, 0.2) is 0 Å². The van der Waals surface area contributed by atoms with Gasteiger partial charge in [-0.15, -0.1) is 10.2 Å². The quantitative estimate of drug-likeness (QED) is 0.925. The van der Waals surface area contributed by atoms with Crippen molar-refractivity contribution in [2.45, 2.75) is 37.8 Å². The van der Waals surface area contributed by atoms with E-state index in [1.54, 1.807) is 0 Å². The summed E-state index contributed by atoms with van der Waals surface area (Å²) >= 11 is 0. The van der Waals surface area contributed by atoms with Crippen molar-refractivity contribution in [2.75, 3.05) is 6.61 Å². The minimum absolute atomic E-state index is 0.177. The molecule has 3 unspecified atom stereocenters. The van der Waals surface area contributed by atoms with Crippen LogP contribution in [0.1, 0.15) is 49.1 Å². The second-order valence-corrected chi connectivity index (χ2v) is 5.08. The number of hydrogen-bond donors (Lipinski definition) is 1. The number of nitrogens with zero attached hydrogens (tertiary/aromatic N) is 2. The van der Waals surface area contributed by atoms with Crippen LogP contribution in [0.2, 0.25) is 0 Å². The number of hydrogen-bond acceptors (Lipinski definition) is 5. The monoisotopic (exact) mass is 273 g/mol. The van der Waals surface area contributed by atoms with Gasteiger partial charge in [0, 0.05) is 6.61 Å². The molecule has 1 aliphatic heterocycles. The summed E-state index contributed by atoms with van der Waals surface area (Å²) in [4.78, 5) is 0. The maximum Gasteiger partial charge on any atom is 0.237 e. The van der Waals surface area contributed by atoms with Crippen molar-refractivity contribution in [3.63, 3.8) is 0 Å². The van der Waals surface area contributed by atoms with Crippen LogP contribution in [-0.2, 0) is 4.74 Å². The Balaban J connectivity index is 1.80. The lowest BCUT2D eigenvalue weighted by atomic mass is 10.00. The van der Waals surface area contributed by atoms with Crippen LogP contribution < -0.4 is 5.73 Å². The standard InChI is InChI=1S/C15H19N3O2/c1-2-12-11(8-9-19-12)14-17-18-15(20-14)13(16)10-6-4-3-5-7-10/h3-7,11-13H,2,8-9,16H2,1H3. The van der Waals surface area contributed by atoms with E-state index < -0.39 is 0 Å². The Hall–Kier alpha value is -1.72. The molecule has 2 N–H and O–H groups in total. The second kappa shape index (κ2) is 5.73. The molecule has 0 saturated carbocycles. The highest BCUT2D eigenvalue weighted by atomic mass is 16.5. The molecule has 0 bridgehead atoms. The van der Waals surface area contributed by atoms with Crippen molar-refractivity contribution in [1.82, 2.24) is 10.2 Å². The fourth-order valence-corrected chi connectivity index (χ4v) is 2.66. The number of aromatic nitrogens is 2. The van der Waals surface area contributed by atoms with Gasteiger partial charge in [0.05, 0.1) is 12.0 Å². The maximum absolute atomic E-state index is 6.17. The van der Waals surface area contributed by atoms with E-state index in [-0.39, 0.29) is 18.1 Å². The number of ether oxygens (including phenoxy) is 1. The van der Waals surface area contributed by atoms with Crippen molar-refractivity contribution in [1.29, 1.82) is 0 Å². The smallest absolute Gasteiger partial charge is 0.237 e. The predicted molar refractivity (Wildman–Crippen MR) is 74.2 cm³/mol. The van der Waals surface area contributed by atoms with E-state index in [0.29, 0.717) is 11.8 Å². The van der Waals surface area contributed by atoms with Crippen LogP contribution in [0.4, 0.5) is 0 Å². The highest BCUT2D eigenvalue weighted by Gasteiger charge is 2.33. The van der Waals surface area contributed by atoms with E-state index in [0.717, 1.165) is 25.0 Å². The molecule has 0 spiro atoms. The van der Waals surface area contributed by atoms with E-state index in [4.69, 9.17) is 14.9 Å². The summed E-state index contributed by atoms with van der Waals surface area (Å²) in [6, 6.07) is 9.40. The first-order valence-corrected chi connectivity index (χ1v) is 7.05. The van der Waals surface area contributed by atoms with E-state index in [9.17, 15) is 0 Å². The van der Waals surface area contributed by atoms with E-state index >= 15 is 0 Å². The average molecular weight is 273 g/mol. The Bertz CT molecular complexity index is 555. The largest absolute Gasteiger partial charge is 0.423 e. The molecular formula is C15H19N3O2. The summed E-state index contributed by atoms with van der Waals surface area (Å²) in [5.74, 6) is 1.31. The summed E-state index contributed by atoms with van der Waals surface area (Å²) < 4.78 is 11.5. The molecule has 5 nitrogen and oxygen atoms in total. The molecule has 0 amide bonds. The van der Waals surface area contributed by atoms with Crippen molar-refractivity contribution < 1.29 is 9.15 Å². The van der Waals surface area contributed by atoms with Crippen LogP contribution in [0.3, 0.4) is 0 Å². The van der Waals surface area contributed by atoms with Gasteiger partial charge in [-0.05, 0) is 18.4 Å². The molecule has 106 valence electrons. The molecule has 3 rings (SSSR count). The maximum atomic E-state index is 6.17. The molecule has 5 heteroatoms. The average Bonchev–Trinajstić information content (AvgIpc) is 3.15. The van der Waals surface area contributed by atoms with Crippen LogP contribution in [0.15, 0.2) is 34.7 Å². The van der Waals surface area contributed by atoms with Crippen LogP contribution >= 0.6 is 0 Å². The van der Waals surface area contributed by atoms with Crippen molar-refractivity contribution in [2.24, 2.45) is 5.73 Å². The molecule has 0 aliphatic carbocycles. The van der Waals surface area contributed by atoms with Crippen molar-refractivity contribution in [3.8, 4) is 0 Å². The first-order valence-electron chi connectivity index (χ1n) is 7.05. The Morgan fingerprint density at radius 1 is 1.30 bits per heavy atom. The number of rotatable bonds is 4. The lowest BCUT2D eigenvalue weighted by molar-refractivity contribution is 0.0962. The fourth-order valence-electron chi connectivity index (χ4n) is 2.66. The lowest BCUT2D eigenvalue weighted by Gasteiger charge is -2.12. The molecule has 3 atom stereocenters. The zero-order valence-corrected chi connectivity index (χ0v) is 11.5. The fraction of sp³-hybridized carbons (Fsp3) is 0.467. The summed E-state index contributed by atoms with van der Waals surface area (Å²) in [5.41, 5.74) is 7.14. The third-order valence-corrected chi connectivity index (χ3v) is 3.81. The first-order chi connectivity index (χ1) is 9.79. The molecule has 20 heavy (non-hydrogen) atoms. The normalized spacial score (nSPS) is 23.9. The minimum Gasteiger partial charge on any atom is -0.423 e. The molecule has 2 aromatic rings. The first kappa shape index (κ1) is 13.3.